The number of piperidine rings is 1. The van der Waals surface area contributed by atoms with Gasteiger partial charge in [-0.25, -0.2) is 4.39 Å². The lowest BCUT2D eigenvalue weighted by atomic mass is 9.88. The highest BCUT2D eigenvalue weighted by Crippen LogP contribution is 2.23. The first-order chi connectivity index (χ1) is 14.8. The standard InChI is InChI=1S/C24H28FN3O3/c1-16(2)24(31)28-14-12-17(13-15-28)21(23(30)26-20-6-4-3-5-7-20)27-22(29)18-8-10-19(25)11-9-18/h3-11,16-17,21H,12-15H2,1-2H3,(H,26,30)(H,27,29). The minimum atomic E-state index is -0.769. The lowest BCUT2D eigenvalue weighted by Crippen LogP contribution is -2.52. The second kappa shape index (κ2) is 10.2. The molecule has 1 heterocycles. The van der Waals surface area contributed by atoms with Gasteiger partial charge in [-0.05, 0) is 55.2 Å². The third kappa shape index (κ3) is 5.90. The highest BCUT2D eigenvalue weighted by molar-refractivity contribution is 6.01. The van der Waals surface area contributed by atoms with Crippen molar-refractivity contribution in [3.8, 4) is 0 Å². The number of rotatable bonds is 6. The van der Waals surface area contributed by atoms with Crippen LogP contribution in [0.25, 0.3) is 0 Å². The van der Waals surface area contributed by atoms with Gasteiger partial charge in [-0.2, -0.15) is 0 Å². The van der Waals surface area contributed by atoms with E-state index in [0.717, 1.165) is 0 Å². The number of likely N-dealkylation sites (tertiary alicyclic amines) is 1. The van der Waals surface area contributed by atoms with Gasteiger partial charge in [0, 0.05) is 30.3 Å². The van der Waals surface area contributed by atoms with Gasteiger partial charge in [0.05, 0.1) is 0 Å². The van der Waals surface area contributed by atoms with Crippen LogP contribution in [0.1, 0.15) is 37.0 Å². The Hall–Kier alpha value is -3.22. The number of hydrogen-bond donors (Lipinski definition) is 2. The Morgan fingerprint density at radius 2 is 1.58 bits per heavy atom. The Morgan fingerprint density at radius 1 is 0.968 bits per heavy atom. The van der Waals surface area contributed by atoms with Gasteiger partial charge in [-0.3, -0.25) is 14.4 Å². The van der Waals surface area contributed by atoms with Crippen LogP contribution in [0, 0.1) is 17.7 Å². The van der Waals surface area contributed by atoms with E-state index >= 15 is 0 Å². The predicted molar refractivity (Wildman–Crippen MR) is 117 cm³/mol. The van der Waals surface area contributed by atoms with Crippen LogP contribution < -0.4 is 10.6 Å². The van der Waals surface area contributed by atoms with Crippen LogP contribution in [-0.4, -0.2) is 41.8 Å². The van der Waals surface area contributed by atoms with Gasteiger partial charge in [0.2, 0.25) is 11.8 Å². The molecule has 31 heavy (non-hydrogen) atoms. The molecule has 7 heteroatoms. The molecule has 164 valence electrons. The summed E-state index contributed by atoms with van der Waals surface area (Å²) in [6.45, 7) is 4.83. The molecular weight excluding hydrogens is 397 g/mol. The van der Waals surface area contributed by atoms with Crippen LogP contribution in [0.5, 0.6) is 0 Å². The molecule has 6 nitrogen and oxygen atoms in total. The number of carbonyl (C=O) groups excluding carboxylic acids is 3. The van der Waals surface area contributed by atoms with E-state index in [4.69, 9.17) is 0 Å². The van der Waals surface area contributed by atoms with E-state index in [1.807, 2.05) is 36.9 Å². The fourth-order valence-corrected chi connectivity index (χ4v) is 3.78. The molecule has 1 saturated heterocycles. The maximum Gasteiger partial charge on any atom is 0.251 e. The summed E-state index contributed by atoms with van der Waals surface area (Å²) in [5.41, 5.74) is 0.923. The summed E-state index contributed by atoms with van der Waals surface area (Å²) in [6, 6.07) is 13.5. The van der Waals surface area contributed by atoms with E-state index in [9.17, 15) is 18.8 Å². The quantitative estimate of drug-likeness (QED) is 0.744. The zero-order valence-corrected chi connectivity index (χ0v) is 17.8. The summed E-state index contributed by atoms with van der Waals surface area (Å²) in [6.07, 6.45) is 1.21. The molecule has 0 bridgehead atoms. The Morgan fingerprint density at radius 3 is 2.16 bits per heavy atom. The van der Waals surface area contributed by atoms with E-state index in [1.54, 1.807) is 12.1 Å². The van der Waals surface area contributed by atoms with Crippen molar-refractivity contribution in [2.24, 2.45) is 11.8 Å². The van der Waals surface area contributed by atoms with E-state index in [2.05, 4.69) is 10.6 Å². The van der Waals surface area contributed by atoms with Crippen LogP contribution in [0.15, 0.2) is 54.6 Å². The van der Waals surface area contributed by atoms with Gasteiger partial charge in [-0.1, -0.05) is 32.0 Å². The zero-order chi connectivity index (χ0) is 22.4. The molecular formula is C24H28FN3O3. The van der Waals surface area contributed by atoms with Crippen molar-refractivity contribution in [3.63, 3.8) is 0 Å². The second-order valence-electron chi connectivity index (χ2n) is 8.13. The maximum absolute atomic E-state index is 13.2. The average molecular weight is 426 g/mol. The van der Waals surface area contributed by atoms with Crippen molar-refractivity contribution in [1.82, 2.24) is 10.2 Å². The van der Waals surface area contributed by atoms with Crippen LogP contribution >= 0.6 is 0 Å². The fourth-order valence-electron chi connectivity index (χ4n) is 3.78. The number of nitrogens with zero attached hydrogens (tertiary/aromatic N) is 1. The number of carbonyl (C=O) groups is 3. The lowest BCUT2D eigenvalue weighted by Gasteiger charge is -2.36. The fraction of sp³-hybridized carbons (Fsp3) is 0.375. The summed E-state index contributed by atoms with van der Waals surface area (Å²) in [5, 5.41) is 5.70. The molecule has 0 aliphatic carbocycles. The Bertz CT molecular complexity index is 907. The second-order valence-corrected chi connectivity index (χ2v) is 8.13. The minimum Gasteiger partial charge on any atom is -0.342 e. The molecule has 0 saturated carbocycles. The number of amides is 3. The highest BCUT2D eigenvalue weighted by atomic mass is 19.1. The molecule has 1 aliphatic rings. The summed E-state index contributed by atoms with van der Waals surface area (Å²) < 4.78 is 13.2. The van der Waals surface area contributed by atoms with Crippen molar-refractivity contribution >= 4 is 23.4 Å². The number of benzene rings is 2. The maximum atomic E-state index is 13.2. The Labute approximate surface area is 181 Å². The first kappa shape index (κ1) is 22.5. The summed E-state index contributed by atoms with van der Waals surface area (Å²) in [5.74, 6) is -1.28. The van der Waals surface area contributed by atoms with Crippen molar-refractivity contribution in [2.75, 3.05) is 18.4 Å². The van der Waals surface area contributed by atoms with E-state index in [0.29, 0.717) is 31.6 Å². The lowest BCUT2D eigenvalue weighted by molar-refractivity contribution is -0.136. The number of halogens is 1. The van der Waals surface area contributed by atoms with E-state index in [-0.39, 0.29) is 29.2 Å². The predicted octanol–water partition coefficient (Wildman–Crippen LogP) is 3.46. The smallest absolute Gasteiger partial charge is 0.251 e. The van der Waals surface area contributed by atoms with Gasteiger partial charge in [0.15, 0.2) is 0 Å². The van der Waals surface area contributed by atoms with Crippen LogP contribution in [0.2, 0.25) is 0 Å². The number of nitrogens with one attached hydrogen (secondary N) is 2. The minimum absolute atomic E-state index is 0.0769. The molecule has 1 aliphatic heterocycles. The molecule has 1 unspecified atom stereocenters. The molecule has 1 fully saturated rings. The van der Waals surface area contributed by atoms with Gasteiger partial charge < -0.3 is 15.5 Å². The largest absolute Gasteiger partial charge is 0.342 e. The molecule has 0 aromatic heterocycles. The Kier molecular flexibility index (Phi) is 7.39. The average Bonchev–Trinajstić information content (AvgIpc) is 2.78. The summed E-state index contributed by atoms with van der Waals surface area (Å²) in [7, 11) is 0. The van der Waals surface area contributed by atoms with Gasteiger partial charge in [-0.15, -0.1) is 0 Å². The normalized spacial score (nSPS) is 15.4. The van der Waals surface area contributed by atoms with Gasteiger partial charge >= 0.3 is 0 Å². The van der Waals surface area contributed by atoms with E-state index in [1.165, 1.54) is 24.3 Å². The summed E-state index contributed by atoms with van der Waals surface area (Å²) in [4.78, 5) is 39.9. The van der Waals surface area contributed by atoms with Crippen molar-refractivity contribution in [2.45, 2.75) is 32.7 Å². The number of hydrogen-bond acceptors (Lipinski definition) is 3. The monoisotopic (exact) mass is 425 g/mol. The van der Waals surface area contributed by atoms with Gasteiger partial charge in [0.1, 0.15) is 11.9 Å². The summed E-state index contributed by atoms with van der Waals surface area (Å²) >= 11 is 0. The molecule has 0 radical (unpaired) electrons. The molecule has 2 N–H and O–H groups in total. The third-order valence-electron chi connectivity index (χ3n) is 5.53. The van der Waals surface area contributed by atoms with E-state index < -0.39 is 17.8 Å². The van der Waals surface area contributed by atoms with Crippen molar-refractivity contribution in [1.29, 1.82) is 0 Å². The Balaban J connectivity index is 1.74. The molecule has 0 spiro atoms. The molecule has 1 atom stereocenters. The van der Waals surface area contributed by atoms with Gasteiger partial charge in [0.25, 0.3) is 5.91 Å². The first-order valence-corrected chi connectivity index (χ1v) is 10.6. The number of anilines is 1. The van der Waals surface area contributed by atoms with Crippen molar-refractivity contribution in [3.05, 3.63) is 66.0 Å². The first-order valence-electron chi connectivity index (χ1n) is 10.6. The van der Waals surface area contributed by atoms with Crippen LogP contribution in [0.3, 0.4) is 0 Å². The third-order valence-corrected chi connectivity index (χ3v) is 5.53. The SMILES string of the molecule is CC(C)C(=O)N1CCC(C(NC(=O)c2ccc(F)cc2)C(=O)Nc2ccccc2)CC1. The molecule has 3 amide bonds. The zero-order valence-electron chi connectivity index (χ0n) is 17.8. The highest BCUT2D eigenvalue weighted by Gasteiger charge is 2.34. The van der Waals surface area contributed by atoms with Crippen LogP contribution in [-0.2, 0) is 9.59 Å². The van der Waals surface area contributed by atoms with Crippen LogP contribution in [0.4, 0.5) is 10.1 Å². The molecule has 2 aromatic rings. The van der Waals surface area contributed by atoms with Crippen molar-refractivity contribution < 1.29 is 18.8 Å². The topological polar surface area (TPSA) is 78.5 Å². The molecule has 3 rings (SSSR count). The molecule has 2 aromatic carbocycles. The number of para-hydroxylation sites is 1.